The van der Waals surface area contributed by atoms with Crippen molar-refractivity contribution in [2.75, 3.05) is 0 Å². The van der Waals surface area contributed by atoms with E-state index in [0.717, 1.165) is 21.3 Å². The number of rotatable bonds is 4. The summed E-state index contributed by atoms with van der Waals surface area (Å²) in [6.45, 7) is 7.80. The number of carbonyl (C=O) groups excluding carboxylic acids is 1. The molecule has 2 aromatic carbocycles. The summed E-state index contributed by atoms with van der Waals surface area (Å²) in [4.78, 5) is 12.5. The van der Waals surface area contributed by atoms with Crippen molar-refractivity contribution in [1.82, 2.24) is 0 Å². The number of carbonyl (C=O) groups is 1. The zero-order chi connectivity index (χ0) is 15.6. The molecule has 0 aliphatic rings. The summed E-state index contributed by atoms with van der Waals surface area (Å²) in [5, 5.41) is 0. The summed E-state index contributed by atoms with van der Waals surface area (Å²) in [6, 6.07) is 11.5. The number of ether oxygens (including phenoxy) is 1. The lowest BCUT2D eigenvalue weighted by atomic mass is 10.0. The van der Waals surface area contributed by atoms with Crippen molar-refractivity contribution in [2.24, 2.45) is 0 Å². The van der Waals surface area contributed by atoms with Gasteiger partial charge in [-0.25, -0.2) is 0 Å². The van der Waals surface area contributed by atoms with Crippen LogP contribution in [0.25, 0.3) is 0 Å². The maximum atomic E-state index is 12.5. The van der Waals surface area contributed by atoms with E-state index < -0.39 is 6.10 Å². The summed E-state index contributed by atoms with van der Waals surface area (Å²) < 4.78 is 6.82. The van der Waals surface area contributed by atoms with Gasteiger partial charge in [0, 0.05) is 10.0 Å². The number of benzene rings is 2. The molecule has 1 unspecified atom stereocenters. The van der Waals surface area contributed by atoms with Gasteiger partial charge in [-0.1, -0.05) is 28.1 Å². The van der Waals surface area contributed by atoms with Gasteiger partial charge in [-0.15, -0.1) is 0 Å². The van der Waals surface area contributed by atoms with Crippen molar-refractivity contribution >= 4 is 21.7 Å². The van der Waals surface area contributed by atoms with Crippen LogP contribution < -0.4 is 4.74 Å². The first kappa shape index (κ1) is 15.8. The number of hydrogen-bond donors (Lipinski definition) is 0. The van der Waals surface area contributed by atoms with Gasteiger partial charge in [0.25, 0.3) is 0 Å². The van der Waals surface area contributed by atoms with Crippen LogP contribution in [0.2, 0.25) is 0 Å². The molecule has 0 aliphatic heterocycles. The van der Waals surface area contributed by atoms with Gasteiger partial charge in [-0.05, 0) is 68.7 Å². The highest BCUT2D eigenvalue weighted by atomic mass is 79.9. The molecule has 0 N–H and O–H groups in total. The molecular weight excluding hydrogens is 328 g/mol. The fourth-order valence-electron chi connectivity index (χ4n) is 2.12. The summed E-state index contributed by atoms with van der Waals surface area (Å²) >= 11 is 3.42. The van der Waals surface area contributed by atoms with Gasteiger partial charge in [0.15, 0.2) is 6.10 Å². The van der Waals surface area contributed by atoms with Crippen LogP contribution in [-0.4, -0.2) is 11.9 Å². The van der Waals surface area contributed by atoms with Crippen molar-refractivity contribution < 1.29 is 9.53 Å². The Morgan fingerprint density at radius 2 is 1.71 bits per heavy atom. The second-order valence-electron chi connectivity index (χ2n) is 5.33. The highest BCUT2D eigenvalue weighted by Crippen LogP contribution is 2.24. The Balaban J connectivity index is 2.17. The first-order valence-electron chi connectivity index (χ1n) is 6.93. The molecule has 1 atom stereocenters. The number of ketones is 1. The van der Waals surface area contributed by atoms with Crippen molar-refractivity contribution in [2.45, 2.75) is 33.8 Å². The van der Waals surface area contributed by atoms with Gasteiger partial charge in [0.05, 0.1) is 0 Å². The molecule has 0 fully saturated rings. The third-order valence-corrected chi connectivity index (χ3v) is 4.09. The Morgan fingerprint density at radius 3 is 2.33 bits per heavy atom. The Bertz CT molecular complexity index is 677. The van der Waals surface area contributed by atoms with E-state index in [1.165, 1.54) is 5.56 Å². The summed E-state index contributed by atoms with van der Waals surface area (Å²) in [7, 11) is 0. The fourth-order valence-corrected chi connectivity index (χ4v) is 2.59. The van der Waals surface area contributed by atoms with Gasteiger partial charge in [-0.2, -0.15) is 0 Å². The van der Waals surface area contributed by atoms with Crippen LogP contribution in [-0.2, 0) is 0 Å². The van der Waals surface area contributed by atoms with Crippen LogP contribution in [0.3, 0.4) is 0 Å². The molecule has 3 heteroatoms. The predicted octanol–water partition coefficient (Wildman–Crippen LogP) is 5.02. The highest BCUT2D eigenvalue weighted by molar-refractivity contribution is 9.10. The average molecular weight is 347 g/mol. The van der Waals surface area contributed by atoms with Crippen molar-refractivity contribution in [3.8, 4) is 5.75 Å². The standard InChI is InChI=1S/C18H19BrO2/c1-11-5-6-15(9-12(11)2)18(20)14(4)21-17-8-7-16(19)10-13(17)3/h5-10,14H,1-4H3. The van der Waals surface area contributed by atoms with E-state index in [9.17, 15) is 4.79 Å². The van der Waals surface area contributed by atoms with Gasteiger partial charge in [0.2, 0.25) is 5.78 Å². The van der Waals surface area contributed by atoms with Crippen molar-refractivity contribution in [3.05, 3.63) is 63.1 Å². The first-order chi connectivity index (χ1) is 9.88. The van der Waals surface area contributed by atoms with E-state index >= 15 is 0 Å². The van der Waals surface area contributed by atoms with Gasteiger partial charge in [0.1, 0.15) is 5.75 Å². The lowest BCUT2D eigenvalue weighted by molar-refractivity contribution is 0.0817. The molecule has 0 aliphatic carbocycles. The number of halogens is 1. The number of aryl methyl sites for hydroxylation is 3. The van der Waals surface area contributed by atoms with Crippen LogP contribution in [0, 0.1) is 20.8 Å². The van der Waals surface area contributed by atoms with Crippen LogP contribution in [0.5, 0.6) is 5.75 Å². The molecule has 0 radical (unpaired) electrons. The molecule has 2 rings (SSSR count). The summed E-state index contributed by atoms with van der Waals surface area (Å²) in [5.41, 5.74) is 4.00. The predicted molar refractivity (Wildman–Crippen MR) is 89.2 cm³/mol. The zero-order valence-corrected chi connectivity index (χ0v) is 14.3. The van der Waals surface area contributed by atoms with E-state index in [-0.39, 0.29) is 5.78 Å². The minimum absolute atomic E-state index is 0.000388. The molecule has 0 saturated carbocycles. The van der Waals surface area contributed by atoms with Gasteiger partial charge < -0.3 is 4.74 Å². The molecule has 0 aromatic heterocycles. The minimum atomic E-state index is -0.507. The van der Waals surface area contributed by atoms with Crippen molar-refractivity contribution in [1.29, 1.82) is 0 Å². The second-order valence-corrected chi connectivity index (χ2v) is 6.25. The third-order valence-electron chi connectivity index (χ3n) is 3.60. The highest BCUT2D eigenvalue weighted by Gasteiger charge is 2.18. The third kappa shape index (κ3) is 3.73. The molecule has 0 saturated heterocycles. The molecule has 21 heavy (non-hydrogen) atoms. The fraction of sp³-hybridized carbons (Fsp3) is 0.278. The molecule has 2 nitrogen and oxygen atoms in total. The zero-order valence-electron chi connectivity index (χ0n) is 12.7. The van der Waals surface area contributed by atoms with Crippen LogP contribution in [0.1, 0.15) is 34.0 Å². The van der Waals surface area contributed by atoms with E-state index in [4.69, 9.17) is 4.74 Å². The van der Waals surface area contributed by atoms with E-state index in [1.54, 1.807) is 6.92 Å². The van der Waals surface area contributed by atoms with E-state index in [2.05, 4.69) is 15.9 Å². The second kappa shape index (κ2) is 6.44. The van der Waals surface area contributed by atoms with E-state index in [1.807, 2.05) is 57.2 Å². The minimum Gasteiger partial charge on any atom is -0.482 e. The topological polar surface area (TPSA) is 26.3 Å². The number of Topliss-reactive ketones (excluding diaryl/α,β-unsaturated/α-hetero) is 1. The smallest absolute Gasteiger partial charge is 0.203 e. The van der Waals surface area contributed by atoms with Crippen molar-refractivity contribution in [3.63, 3.8) is 0 Å². The summed E-state index contributed by atoms with van der Waals surface area (Å²) in [5.74, 6) is 0.739. The maximum Gasteiger partial charge on any atom is 0.203 e. The van der Waals surface area contributed by atoms with Crippen LogP contribution in [0.15, 0.2) is 40.9 Å². The lowest BCUT2D eigenvalue weighted by Gasteiger charge is -2.16. The van der Waals surface area contributed by atoms with Crippen LogP contribution >= 0.6 is 15.9 Å². The van der Waals surface area contributed by atoms with Gasteiger partial charge >= 0.3 is 0 Å². The number of hydrogen-bond acceptors (Lipinski definition) is 2. The summed E-state index contributed by atoms with van der Waals surface area (Å²) in [6.07, 6.45) is -0.507. The van der Waals surface area contributed by atoms with E-state index in [0.29, 0.717) is 5.56 Å². The SMILES string of the molecule is Cc1ccc(C(=O)C(C)Oc2ccc(Br)cc2C)cc1C. The Labute approximate surface area is 134 Å². The molecule has 2 aromatic rings. The van der Waals surface area contributed by atoms with Crippen LogP contribution in [0.4, 0.5) is 0 Å². The first-order valence-corrected chi connectivity index (χ1v) is 7.72. The quantitative estimate of drug-likeness (QED) is 0.726. The van der Waals surface area contributed by atoms with Gasteiger partial charge in [-0.3, -0.25) is 4.79 Å². The Kier molecular flexibility index (Phi) is 4.84. The lowest BCUT2D eigenvalue weighted by Crippen LogP contribution is -2.24. The molecule has 0 spiro atoms. The molecular formula is C18H19BrO2. The maximum absolute atomic E-state index is 12.5. The molecule has 110 valence electrons. The molecule has 0 heterocycles. The molecule has 0 bridgehead atoms. The monoisotopic (exact) mass is 346 g/mol. The largest absolute Gasteiger partial charge is 0.482 e. The Hall–Kier alpha value is -1.61. The Morgan fingerprint density at radius 1 is 1.00 bits per heavy atom. The normalized spacial score (nSPS) is 12.0. The molecule has 0 amide bonds. The average Bonchev–Trinajstić information content (AvgIpc) is 2.44.